The van der Waals surface area contributed by atoms with E-state index >= 15 is 0 Å². The maximum Gasteiger partial charge on any atom is 0.191 e. The molecule has 0 aliphatic heterocycles. The first kappa shape index (κ1) is 16.2. The fraction of sp³-hybridized carbons (Fsp3) is 0.632. The number of ether oxygens (including phenoxy) is 1. The second-order valence-corrected chi connectivity index (χ2v) is 6.60. The summed E-state index contributed by atoms with van der Waals surface area (Å²) >= 11 is 0. The first-order valence-electron chi connectivity index (χ1n) is 9.14. The van der Waals surface area contributed by atoms with Crippen molar-refractivity contribution < 1.29 is 4.74 Å². The zero-order chi connectivity index (χ0) is 15.9. The number of hydrogen-bond donors (Lipinski definition) is 2. The molecule has 3 rings (SSSR count). The minimum atomic E-state index is 0.407. The number of aliphatic imine (C=N–C) groups is 1. The van der Waals surface area contributed by atoms with Crippen LogP contribution in [0.15, 0.2) is 29.3 Å². The van der Waals surface area contributed by atoms with Crippen molar-refractivity contribution in [2.45, 2.75) is 70.6 Å². The van der Waals surface area contributed by atoms with Crippen molar-refractivity contribution in [2.24, 2.45) is 4.99 Å². The molecule has 2 saturated carbocycles. The van der Waals surface area contributed by atoms with E-state index in [-0.39, 0.29) is 0 Å². The van der Waals surface area contributed by atoms with Crippen LogP contribution in [-0.4, -0.2) is 24.7 Å². The Morgan fingerprint density at radius 2 is 1.91 bits per heavy atom. The standard InChI is InChI=1S/C19H29N3O/c1-2-20-19(22-16-9-4-5-10-16)21-14-15-8-3-6-13-18(15)23-17-11-7-12-17/h3,6,8,13,16-17H,2,4-5,7,9-12,14H2,1H3,(H2,20,21,22). The highest BCUT2D eigenvalue weighted by Gasteiger charge is 2.20. The Morgan fingerprint density at radius 3 is 2.61 bits per heavy atom. The van der Waals surface area contributed by atoms with E-state index in [1.807, 2.05) is 6.07 Å². The van der Waals surface area contributed by atoms with Crippen LogP contribution >= 0.6 is 0 Å². The number of hydrogen-bond acceptors (Lipinski definition) is 2. The average molecular weight is 315 g/mol. The second kappa shape index (κ2) is 8.23. The van der Waals surface area contributed by atoms with E-state index in [1.165, 1.54) is 50.5 Å². The van der Waals surface area contributed by atoms with Crippen molar-refractivity contribution in [3.8, 4) is 5.75 Å². The summed E-state index contributed by atoms with van der Waals surface area (Å²) in [5.41, 5.74) is 1.17. The number of guanidine groups is 1. The van der Waals surface area contributed by atoms with Crippen LogP contribution in [0.2, 0.25) is 0 Å². The lowest BCUT2D eigenvalue weighted by molar-refractivity contribution is 0.119. The summed E-state index contributed by atoms with van der Waals surface area (Å²) in [6.45, 7) is 3.66. The van der Waals surface area contributed by atoms with Crippen molar-refractivity contribution >= 4 is 5.96 Å². The fourth-order valence-corrected chi connectivity index (χ4v) is 3.17. The lowest BCUT2D eigenvalue weighted by Gasteiger charge is -2.27. The first-order chi connectivity index (χ1) is 11.3. The third-order valence-corrected chi connectivity index (χ3v) is 4.77. The summed E-state index contributed by atoms with van der Waals surface area (Å²) in [6.07, 6.45) is 9.24. The minimum absolute atomic E-state index is 0.407. The molecular formula is C19H29N3O. The SMILES string of the molecule is CCNC(=NCc1ccccc1OC1CCC1)NC1CCCC1. The number of nitrogens with one attached hydrogen (secondary N) is 2. The van der Waals surface area contributed by atoms with Crippen molar-refractivity contribution in [3.05, 3.63) is 29.8 Å². The monoisotopic (exact) mass is 315 g/mol. The topological polar surface area (TPSA) is 45.7 Å². The van der Waals surface area contributed by atoms with E-state index in [4.69, 9.17) is 9.73 Å². The van der Waals surface area contributed by atoms with Gasteiger partial charge in [-0.1, -0.05) is 31.0 Å². The molecule has 0 radical (unpaired) electrons. The van der Waals surface area contributed by atoms with Gasteiger partial charge in [-0.25, -0.2) is 4.99 Å². The molecule has 4 nitrogen and oxygen atoms in total. The Morgan fingerprint density at radius 1 is 1.13 bits per heavy atom. The van der Waals surface area contributed by atoms with Gasteiger partial charge >= 0.3 is 0 Å². The summed E-state index contributed by atoms with van der Waals surface area (Å²) < 4.78 is 6.10. The molecule has 0 unspecified atom stereocenters. The van der Waals surface area contributed by atoms with Crippen LogP contribution in [0.5, 0.6) is 5.75 Å². The molecule has 2 aliphatic rings. The Balaban J connectivity index is 1.63. The van der Waals surface area contributed by atoms with Crippen LogP contribution in [0.1, 0.15) is 57.4 Å². The van der Waals surface area contributed by atoms with E-state index in [2.05, 4.69) is 35.8 Å². The van der Waals surface area contributed by atoms with Gasteiger partial charge in [0.2, 0.25) is 0 Å². The number of benzene rings is 1. The van der Waals surface area contributed by atoms with E-state index in [1.54, 1.807) is 0 Å². The maximum atomic E-state index is 6.10. The molecule has 0 bridgehead atoms. The lowest BCUT2D eigenvalue weighted by Crippen LogP contribution is -2.42. The third-order valence-electron chi connectivity index (χ3n) is 4.77. The quantitative estimate of drug-likeness (QED) is 0.622. The molecule has 2 aliphatic carbocycles. The molecule has 0 heterocycles. The largest absolute Gasteiger partial charge is 0.490 e. The summed E-state index contributed by atoms with van der Waals surface area (Å²) in [5.74, 6) is 1.93. The molecule has 1 aromatic carbocycles. The van der Waals surface area contributed by atoms with E-state index in [0.717, 1.165) is 18.3 Å². The summed E-state index contributed by atoms with van der Waals surface area (Å²) in [6, 6.07) is 8.88. The number of rotatable bonds is 6. The zero-order valence-corrected chi connectivity index (χ0v) is 14.2. The van der Waals surface area contributed by atoms with Crippen molar-refractivity contribution in [1.82, 2.24) is 10.6 Å². The van der Waals surface area contributed by atoms with E-state index in [9.17, 15) is 0 Å². The molecule has 23 heavy (non-hydrogen) atoms. The highest BCUT2D eigenvalue weighted by molar-refractivity contribution is 5.80. The molecule has 1 aromatic rings. The Labute approximate surface area is 139 Å². The smallest absolute Gasteiger partial charge is 0.191 e. The predicted octanol–water partition coefficient (Wildman–Crippen LogP) is 3.62. The van der Waals surface area contributed by atoms with E-state index < -0.39 is 0 Å². The van der Waals surface area contributed by atoms with Gasteiger partial charge in [-0.15, -0.1) is 0 Å². The Kier molecular flexibility index (Phi) is 5.78. The molecule has 4 heteroatoms. The van der Waals surface area contributed by atoms with Crippen LogP contribution in [0.3, 0.4) is 0 Å². The van der Waals surface area contributed by atoms with Gasteiger partial charge in [0.1, 0.15) is 5.75 Å². The second-order valence-electron chi connectivity index (χ2n) is 6.60. The van der Waals surface area contributed by atoms with Gasteiger partial charge in [0, 0.05) is 18.2 Å². The molecule has 0 aromatic heterocycles. The fourth-order valence-electron chi connectivity index (χ4n) is 3.17. The van der Waals surface area contributed by atoms with Crippen molar-refractivity contribution in [1.29, 1.82) is 0 Å². The van der Waals surface area contributed by atoms with Crippen LogP contribution in [-0.2, 0) is 6.54 Å². The minimum Gasteiger partial charge on any atom is -0.490 e. The van der Waals surface area contributed by atoms with Crippen molar-refractivity contribution in [3.63, 3.8) is 0 Å². The zero-order valence-electron chi connectivity index (χ0n) is 14.2. The highest BCUT2D eigenvalue weighted by Crippen LogP contribution is 2.28. The first-order valence-corrected chi connectivity index (χ1v) is 9.14. The molecule has 126 valence electrons. The lowest BCUT2D eigenvalue weighted by atomic mass is 9.96. The highest BCUT2D eigenvalue weighted by atomic mass is 16.5. The van der Waals surface area contributed by atoms with Crippen LogP contribution in [0, 0.1) is 0 Å². The maximum absolute atomic E-state index is 6.10. The molecule has 0 spiro atoms. The molecule has 2 N–H and O–H groups in total. The van der Waals surface area contributed by atoms with Crippen LogP contribution < -0.4 is 15.4 Å². The van der Waals surface area contributed by atoms with Crippen LogP contribution in [0.4, 0.5) is 0 Å². The molecule has 0 atom stereocenters. The molecule has 0 amide bonds. The number of para-hydroxylation sites is 1. The van der Waals surface area contributed by atoms with Gasteiger partial charge in [-0.05, 0) is 45.1 Å². The van der Waals surface area contributed by atoms with Crippen molar-refractivity contribution in [2.75, 3.05) is 6.54 Å². The van der Waals surface area contributed by atoms with Gasteiger partial charge in [0.25, 0.3) is 0 Å². The third kappa shape index (κ3) is 4.63. The molecule has 0 saturated heterocycles. The Bertz CT molecular complexity index is 519. The van der Waals surface area contributed by atoms with Gasteiger partial charge in [-0.2, -0.15) is 0 Å². The van der Waals surface area contributed by atoms with Gasteiger partial charge in [0.05, 0.1) is 12.6 Å². The van der Waals surface area contributed by atoms with Gasteiger partial charge in [-0.3, -0.25) is 0 Å². The summed E-state index contributed by atoms with van der Waals surface area (Å²) in [7, 11) is 0. The van der Waals surface area contributed by atoms with Gasteiger partial charge in [0.15, 0.2) is 5.96 Å². The molecular weight excluding hydrogens is 286 g/mol. The molecule has 2 fully saturated rings. The number of nitrogens with zero attached hydrogens (tertiary/aromatic N) is 1. The normalized spacial score (nSPS) is 19.4. The van der Waals surface area contributed by atoms with Crippen LogP contribution in [0.25, 0.3) is 0 Å². The predicted molar refractivity (Wildman–Crippen MR) is 94.9 cm³/mol. The van der Waals surface area contributed by atoms with E-state index in [0.29, 0.717) is 18.7 Å². The average Bonchev–Trinajstić information content (AvgIpc) is 3.03. The Hall–Kier alpha value is -1.71. The van der Waals surface area contributed by atoms with Gasteiger partial charge < -0.3 is 15.4 Å². The summed E-state index contributed by atoms with van der Waals surface area (Å²) in [5, 5.41) is 6.93. The summed E-state index contributed by atoms with van der Waals surface area (Å²) in [4.78, 5) is 4.77.